The molecule has 0 saturated heterocycles. The van der Waals surface area contributed by atoms with Crippen molar-refractivity contribution in [3.63, 3.8) is 0 Å². The summed E-state index contributed by atoms with van der Waals surface area (Å²) in [6.45, 7) is 1.92. The van der Waals surface area contributed by atoms with E-state index < -0.39 is 6.10 Å². The summed E-state index contributed by atoms with van der Waals surface area (Å²) in [6, 6.07) is 9.99. The Hall–Kier alpha value is -1.58. The normalized spacial score (nSPS) is 12.9. The Labute approximate surface area is 116 Å². The lowest BCUT2D eigenvalue weighted by atomic mass is 10.00. The van der Waals surface area contributed by atoms with Gasteiger partial charge in [-0.3, -0.25) is 0 Å². The summed E-state index contributed by atoms with van der Waals surface area (Å²) < 4.78 is 5.70. The molecule has 1 N–H and O–H groups in total. The van der Waals surface area contributed by atoms with Gasteiger partial charge in [0.25, 0.3) is 0 Å². The van der Waals surface area contributed by atoms with Crippen LogP contribution >= 0.6 is 11.3 Å². The number of hydrogen-bond acceptors (Lipinski definition) is 3. The summed E-state index contributed by atoms with van der Waals surface area (Å²) in [5.74, 6) is 0.819. The van der Waals surface area contributed by atoms with E-state index in [0.29, 0.717) is 0 Å². The Morgan fingerprint density at radius 1 is 1.26 bits per heavy atom. The van der Waals surface area contributed by atoms with Gasteiger partial charge in [0.15, 0.2) is 0 Å². The molecule has 3 heteroatoms. The van der Waals surface area contributed by atoms with Gasteiger partial charge in [-0.15, -0.1) is 0 Å². The van der Waals surface area contributed by atoms with Crippen molar-refractivity contribution in [2.24, 2.45) is 0 Å². The molecule has 0 bridgehead atoms. The molecule has 0 aliphatic carbocycles. The monoisotopic (exact) mass is 272 g/mol. The highest BCUT2D eigenvalue weighted by Gasteiger charge is 2.18. The molecule has 2 nitrogen and oxygen atoms in total. The third kappa shape index (κ3) is 2.44. The molecule has 0 saturated carbocycles. The average Bonchev–Trinajstić information content (AvgIpc) is 3.02. The third-order valence-electron chi connectivity index (χ3n) is 3.44. The second-order valence-electron chi connectivity index (χ2n) is 4.75. The molecular formula is C16H16O2S. The Balaban J connectivity index is 1.84. The molecule has 1 atom stereocenters. The van der Waals surface area contributed by atoms with Crippen LogP contribution in [-0.4, -0.2) is 5.11 Å². The maximum atomic E-state index is 10.4. The van der Waals surface area contributed by atoms with Crippen LogP contribution < -0.4 is 0 Å². The predicted octanol–water partition coefficient (Wildman–Crippen LogP) is 4.47. The molecule has 0 spiro atoms. The molecule has 0 fully saturated rings. The van der Waals surface area contributed by atoms with E-state index in [1.807, 2.05) is 31.2 Å². The maximum absolute atomic E-state index is 10.4. The first-order chi connectivity index (χ1) is 9.25. The van der Waals surface area contributed by atoms with Crippen molar-refractivity contribution in [1.29, 1.82) is 0 Å². The number of rotatable bonds is 4. The summed E-state index contributed by atoms with van der Waals surface area (Å²) >= 11 is 1.69. The SMILES string of the molecule is Cc1oc2ccccc2c1C(O)CCc1ccsc1. The lowest BCUT2D eigenvalue weighted by molar-refractivity contribution is 0.167. The second-order valence-corrected chi connectivity index (χ2v) is 5.53. The van der Waals surface area contributed by atoms with Crippen molar-refractivity contribution in [3.05, 3.63) is 58.0 Å². The quantitative estimate of drug-likeness (QED) is 0.760. The third-order valence-corrected chi connectivity index (χ3v) is 4.17. The van der Waals surface area contributed by atoms with E-state index in [-0.39, 0.29) is 0 Å². The lowest BCUT2D eigenvalue weighted by Gasteiger charge is -2.09. The van der Waals surface area contributed by atoms with E-state index in [2.05, 4.69) is 16.8 Å². The standard InChI is InChI=1S/C16H16O2S/c1-11-16(13-4-2-3-5-15(13)18-11)14(17)7-6-12-8-9-19-10-12/h2-5,8-10,14,17H,6-7H2,1H3. The van der Waals surface area contributed by atoms with Gasteiger partial charge in [0.2, 0.25) is 0 Å². The Morgan fingerprint density at radius 2 is 2.11 bits per heavy atom. The first-order valence-electron chi connectivity index (χ1n) is 6.43. The van der Waals surface area contributed by atoms with Crippen LogP contribution in [0.5, 0.6) is 0 Å². The zero-order valence-corrected chi connectivity index (χ0v) is 11.6. The highest BCUT2D eigenvalue weighted by Crippen LogP contribution is 2.32. The van der Waals surface area contributed by atoms with Crippen molar-refractivity contribution < 1.29 is 9.52 Å². The van der Waals surface area contributed by atoms with Crippen molar-refractivity contribution in [2.75, 3.05) is 0 Å². The molecule has 98 valence electrons. The van der Waals surface area contributed by atoms with Gasteiger partial charge in [-0.2, -0.15) is 11.3 Å². The molecule has 19 heavy (non-hydrogen) atoms. The molecule has 1 unspecified atom stereocenters. The fraction of sp³-hybridized carbons (Fsp3) is 0.250. The Morgan fingerprint density at radius 3 is 2.89 bits per heavy atom. The largest absolute Gasteiger partial charge is 0.461 e. The van der Waals surface area contributed by atoms with Crippen LogP contribution in [0.15, 0.2) is 45.5 Å². The molecule has 2 heterocycles. The zero-order valence-electron chi connectivity index (χ0n) is 10.8. The molecule has 0 aliphatic rings. The van der Waals surface area contributed by atoms with Gasteiger partial charge >= 0.3 is 0 Å². The highest BCUT2D eigenvalue weighted by atomic mass is 32.1. The van der Waals surface area contributed by atoms with E-state index in [4.69, 9.17) is 4.42 Å². The number of benzene rings is 1. The summed E-state index contributed by atoms with van der Waals surface area (Å²) in [6.07, 6.45) is 1.15. The molecule has 0 aliphatic heterocycles. The van der Waals surface area contributed by atoms with E-state index >= 15 is 0 Å². The van der Waals surface area contributed by atoms with Gasteiger partial charge < -0.3 is 9.52 Å². The van der Waals surface area contributed by atoms with Gasteiger partial charge in [0.05, 0.1) is 6.10 Å². The number of furan rings is 1. The van der Waals surface area contributed by atoms with Crippen LogP contribution in [0, 0.1) is 6.92 Å². The van der Waals surface area contributed by atoms with Crippen LogP contribution in [0.4, 0.5) is 0 Å². The Bertz CT molecular complexity index is 667. The maximum Gasteiger partial charge on any atom is 0.134 e. The molecule has 1 aromatic carbocycles. The number of aliphatic hydroxyl groups is 1. The average molecular weight is 272 g/mol. The van der Waals surface area contributed by atoms with Gasteiger partial charge in [-0.25, -0.2) is 0 Å². The minimum absolute atomic E-state index is 0.469. The molecule has 3 aromatic rings. The summed E-state index contributed by atoms with van der Waals surface area (Å²) in [7, 11) is 0. The first-order valence-corrected chi connectivity index (χ1v) is 7.37. The molecule has 3 rings (SSSR count). The highest BCUT2D eigenvalue weighted by molar-refractivity contribution is 7.07. The minimum Gasteiger partial charge on any atom is -0.461 e. The van der Waals surface area contributed by atoms with Crippen LogP contribution in [0.2, 0.25) is 0 Å². The van der Waals surface area contributed by atoms with Crippen LogP contribution in [0.1, 0.15) is 29.4 Å². The minimum atomic E-state index is -0.469. The first kappa shape index (κ1) is 12.5. The van der Waals surface area contributed by atoms with Crippen LogP contribution in [-0.2, 0) is 6.42 Å². The van der Waals surface area contributed by atoms with Crippen molar-refractivity contribution in [2.45, 2.75) is 25.9 Å². The van der Waals surface area contributed by atoms with Crippen LogP contribution in [0.3, 0.4) is 0 Å². The fourth-order valence-electron chi connectivity index (χ4n) is 2.48. The summed E-state index contributed by atoms with van der Waals surface area (Å²) in [5, 5.41) is 15.7. The number of para-hydroxylation sites is 1. The smallest absolute Gasteiger partial charge is 0.134 e. The summed E-state index contributed by atoms with van der Waals surface area (Å²) in [5.41, 5.74) is 3.07. The van der Waals surface area contributed by atoms with Gasteiger partial charge in [-0.1, -0.05) is 18.2 Å². The topological polar surface area (TPSA) is 33.4 Å². The second kappa shape index (κ2) is 5.19. The fourth-order valence-corrected chi connectivity index (χ4v) is 3.19. The van der Waals surface area contributed by atoms with Crippen molar-refractivity contribution >= 4 is 22.3 Å². The zero-order chi connectivity index (χ0) is 13.2. The molecule has 2 aromatic heterocycles. The number of hydrogen-bond donors (Lipinski definition) is 1. The predicted molar refractivity (Wildman–Crippen MR) is 78.6 cm³/mol. The number of aliphatic hydroxyl groups excluding tert-OH is 1. The molecule has 0 radical (unpaired) electrons. The van der Waals surface area contributed by atoms with E-state index in [1.54, 1.807) is 11.3 Å². The molecule has 0 amide bonds. The van der Waals surface area contributed by atoms with Crippen molar-refractivity contribution in [1.82, 2.24) is 0 Å². The van der Waals surface area contributed by atoms with Gasteiger partial charge in [0.1, 0.15) is 11.3 Å². The van der Waals surface area contributed by atoms with E-state index in [0.717, 1.165) is 35.1 Å². The number of aryl methyl sites for hydroxylation is 2. The van der Waals surface area contributed by atoms with Crippen molar-refractivity contribution in [3.8, 4) is 0 Å². The van der Waals surface area contributed by atoms with Gasteiger partial charge in [0, 0.05) is 10.9 Å². The van der Waals surface area contributed by atoms with Crippen LogP contribution in [0.25, 0.3) is 11.0 Å². The number of fused-ring (bicyclic) bond motifs is 1. The molecular weight excluding hydrogens is 256 g/mol. The van der Waals surface area contributed by atoms with E-state index in [9.17, 15) is 5.11 Å². The Kier molecular flexibility index (Phi) is 3.40. The van der Waals surface area contributed by atoms with Gasteiger partial charge in [-0.05, 0) is 48.2 Å². The summed E-state index contributed by atoms with van der Waals surface area (Å²) in [4.78, 5) is 0. The van der Waals surface area contributed by atoms with E-state index in [1.165, 1.54) is 5.56 Å². The number of thiophene rings is 1. The lowest BCUT2D eigenvalue weighted by Crippen LogP contribution is -2.00.